The van der Waals surface area contributed by atoms with Crippen LogP contribution in [0.2, 0.25) is 0 Å². The van der Waals surface area contributed by atoms with E-state index in [0.29, 0.717) is 19.6 Å². The lowest BCUT2D eigenvalue weighted by atomic mass is 9.85. The molecule has 3 N–H and O–H groups in total. The van der Waals surface area contributed by atoms with Gasteiger partial charge < -0.3 is 25.3 Å². The molecule has 3 aromatic rings. The van der Waals surface area contributed by atoms with E-state index in [-0.39, 0.29) is 17.9 Å². The molecule has 1 aliphatic carbocycles. The van der Waals surface area contributed by atoms with Crippen LogP contribution in [0.4, 0.5) is 5.82 Å². The van der Waals surface area contributed by atoms with Gasteiger partial charge in [-0.1, -0.05) is 18.9 Å². The minimum atomic E-state index is -0.115. The number of halogens is 1. The number of fused-ring (bicyclic) bond motifs is 1. The van der Waals surface area contributed by atoms with Crippen molar-refractivity contribution < 1.29 is 19.0 Å². The predicted molar refractivity (Wildman–Crippen MR) is 165 cm³/mol. The minimum absolute atomic E-state index is 0.115. The highest BCUT2D eigenvalue weighted by Crippen LogP contribution is 2.37. The summed E-state index contributed by atoms with van der Waals surface area (Å²) in [6, 6.07) is 5.98. The fourth-order valence-corrected chi connectivity index (χ4v) is 5.98. The Balaban J connectivity index is 1.56. The third kappa shape index (κ3) is 8.01. The molecule has 2 heterocycles. The van der Waals surface area contributed by atoms with E-state index in [1.165, 1.54) is 0 Å². The topological polar surface area (TPSA) is 113 Å². The van der Waals surface area contributed by atoms with Crippen molar-refractivity contribution >= 4 is 39.3 Å². The lowest BCUT2D eigenvalue weighted by molar-refractivity contribution is -0.143. The molecular formula is C31H42BrN5O4. The van der Waals surface area contributed by atoms with Gasteiger partial charge in [0, 0.05) is 36.6 Å². The number of anilines is 1. The van der Waals surface area contributed by atoms with Crippen LogP contribution in [0.15, 0.2) is 35.1 Å². The van der Waals surface area contributed by atoms with Crippen molar-refractivity contribution in [3.05, 3.63) is 52.2 Å². The third-order valence-electron chi connectivity index (χ3n) is 7.54. The van der Waals surface area contributed by atoms with Crippen molar-refractivity contribution in [1.82, 2.24) is 14.4 Å². The number of unbranched alkanes of at least 4 members (excludes halogenated alkanes) is 3. The quantitative estimate of drug-likeness (QED) is 0.151. The Bertz CT molecular complexity index is 1340. The number of hydrogen-bond acceptors (Lipinski definition) is 8. The molecule has 0 radical (unpaired) electrons. The number of benzene rings is 1. The van der Waals surface area contributed by atoms with Crippen LogP contribution in [-0.2, 0) is 16.1 Å². The molecule has 0 spiro atoms. The highest BCUT2D eigenvalue weighted by atomic mass is 79.9. The molecule has 222 valence electrons. The molecule has 0 amide bonds. The summed E-state index contributed by atoms with van der Waals surface area (Å²) >= 11 is 3.74. The molecule has 0 aliphatic heterocycles. The lowest BCUT2D eigenvalue weighted by Crippen LogP contribution is -2.27. The Morgan fingerprint density at radius 1 is 1.22 bits per heavy atom. The van der Waals surface area contributed by atoms with E-state index in [1.54, 1.807) is 14.2 Å². The predicted octanol–water partition coefficient (Wildman–Crippen LogP) is 6.63. The molecular weight excluding hydrogens is 586 g/mol. The molecule has 1 aromatic carbocycles. The number of esters is 1. The van der Waals surface area contributed by atoms with Crippen LogP contribution in [-0.4, -0.2) is 47.2 Å². The number of methoxy groups -OCH3 is 2. The Morgan fingerprint density at radius 2 is 2.07 bits per heavy atom. The normalized spacial score (nSPS) is 17.2. The number of nitrogens with zero attached hydrogens (tertiary/aromatic N) is 3. The summed E-state index contributed by atoms with van der Waals surface area (Å²) in [4.78, 5) is 21.4. The largest absolute Gasteiger partial charge is 0.497 e. The van der Waals surface area contributed by atoms with Crippen molar-refractivity contribution in [3.8, 4) is 11.5 Å². The molecule has 0 unspecified atom stereocenters. The number of carbonyl (C=O) groups is 1. The lowest BCUT2D eigenvalue weighted by Gasteiger charge is -2.26. The number of allylic oxidation sites excluding steroid dienone is 1. The van der Waals surface area contributed by atoms with Gasteiger partial charge in [0.2, 0.25) is 0 Å². The molecule has 0 saturated heterocycles. The number of carbonyl (C=O) groups excluding carboxylic acids is 1. The average Bonchev–Trinajstić information content (AvgIpc) is 3.33. The summed E-state index contributed by atoms with van der Waals surface area (Å²) in [5, 5.41) is 3.51. The second-order valence-corrected chi connectivity index (χ2v) is 11.2. The van der Waals surface area contributed by atoms with Crippen LogP contribution in [0, 0.1) is 0 Å². The maximum absolute atomic E-state index is 11.6. The SMILES string of the molecule is CCOC(=O)CCCCC/C=C/c1cnc(NCc2ccc(OC)cc2OC)c2c(Br)nc([C@@H]3CCC[C@@H](N)C3)n12. The monoisotopic (exact) mass is 627 g/mol. The van der Waals surface area contributed by atoms with Crippen LogP contribution < -0.4 is 20.5 Å². The summed E-state index contributed by atoms with van der Waals surface area (Å²) in [6.07, 6.45) is 14.6. The first-order chi connectivity index (χ1) is 19.9. The second-order valence-electron chi connectivity index (χ2n) is 10.4. The van der Waals surface area contributed by atoms with Crippen molar-refractivity contribution in [2.45, 2.75) is 83.2 Å². The molecule has 1 aliphatic rings. The van der Waals surface area contributed by atoms with Crippen molar-refractivity contribution in [2.75, 3.05) is 26.1 Å². The summed E-state index contributed by atoms with van der Waals surface area (Å²) in [5.41, 5.74) is 9.26. The van der Waals surface area contributed by atoms with E-state index in [0.717, 1.165) is 95.9 Å². The first kappa shape index (κ1) is 30.8. The zero-order valence-electron chi connectivity index (χ0n) is 24.3. The number of ether oxygens (including phenoxy) is 3. The molecule has 1 fully saturated rings. The van der Waals surface area contributed by atoms with Gasteiger partial charge in [0.25, 0.3) is 0 Å². The highest BCUT2D eigenvalue weighted by molar-refractivity contribution is 9.10. The number of nitrogens with one attached hydrogen (secondary N) is 1. The number of aromatic nitrogens is 3. The minimum Gasteiger partial charge on any atom is -0.497 e. The van der Waals surface area contributed by atoms with E-state index in [1.807, 2.05) is 31.3 Å². The molecule has 2 aromatic heterocycles. The summed E-state index contributed by atoms with van der Waals surface area (Å²) in [7, 11) is 3.30. The fourth-order valence-electron chi connectivity index (χ4n) is 5.43. The van der Waals surface area contributed by atoms with Crippen molar-refractivity contribution in [3.63, 3.8) is 0 Å². The molecule has 1 saturated carbocycles. The van der Waals surface area contributed by atoms with Gasteiger partial charge >= 0.3 is 5.97 Å². The first-order valence-corrected chi connectivity index (χ1v) is 15.3. The Kier molecular flexibility index (Phi) is 11.4. The Hall–Kier alpha value is -3.11. The van der Waals surface area contributed by atoms with Gasteiger partial charge in [0.15, 0.2) is 5.82 Å². The van der Waals surface area contributed by atoms with Gasteiger partial charge in [0.1, 0.15) is 27.4 Å². The van der Waals surface area contributed by atoms with E-state index in [2.05, 4.69) is 37.8 Å². The third-order valence-corrected chi connectivity index (χ3v) is 8.09. The molecule has 9 nitrogen and oxygen atoms in total. The number of hydrogen-bond donors (Lipinski definition) is 2. The second kappa shape index (κ2) is 15.2. The van der Waals surface area contributed by atoms with Gasteiger partial charge in [-0.3, -0.25) is 9.20 Å². The van der Waals surface area contributed by atoms with Gasteiger partial charge in [-0.05, 0) is 79.6 Å². The summed E-state index contributed by atoms with van der Waals surface area (Å²) < 4.78 is 18.9. The van der Waals surface area contributed by atoms with Crippen LogP contribution in [0.5, 0.6) is 11.5 Å². The summed E-state index contributed by atoms with van der Waals surface area (Å²) in [5.74, 6) is 3.42. The number of imidazole rings is 1. The zero-order chi connectivity index (χ0) is 29.2. The fraction of sp³-hybridized carbons (Fsp3) is 0.516. The Labute approximate surface area is 251 Å². The van der Waals surface area contributed by atoms with Crippen molar-refractivity contribution in [1.29, 1.82) is 0 Å². The Morgan fingerprint density at radius 3 is 2.83 bits per heavy atom. The first-order valence-electron chi connectivity index (χ1n) is 14.5. The van der Waals surface area contributed by atoms with Crippen LogP contribution >= 0.6 is 15.9 Å². The molecule has 2 atom stereocenters. The number of nitrogens with two attached hydrogens (primary N) is 1. The molecule has 41 heavy (non-hydrogen) atoms. The van der Waals surface area contributed by atoms with E-state index < -0.39 is 0 Å². The molecule has 10 heteroatoms. The van der Waals surface area contributed by atoms with Gasteiger partial charge in [0.05, 0.1) is 32.7 Å². The van der Waals surface area contributed by atoms with Gasteiger partial charge in [-0.15, -0.1) is 0 Å². The standard InChI is InChI=1S/C31H42BrN5O4/c1-4-41-27(38)14-9-7-5-6-8-13-24-20-35-30(34-19-22-15-16-25(39-2)18-26(22)40-3)28-29(32)36-31(37(24)28)21-11-10-12-23(33)17-21/h8,13,15-16,18,20-21,23H,4-7,9-12,14,17,19,33H2,1-3H3,(H,34,35)/b13-8+/t21-,23-/m1/s1. The van der Waals surface area contributed by atoms with E-state index in [9.17, 15) is 4.79 Å². The number of rotatable bonds is 14. The zero-order valence-corrected chi connectivity index (χ0v) is 25.9. The van der Waals surface area contributed by atoms with Crippen LogP contribution in [0.1, 0.15) is 87.7 Å². The molecule has 0 bridgehead atoms. The summed E-state index contributed by atoms with van der Waals surface area (Å²) in [6.45, 7) is 2.80. The van der Waals surface area contributed by atoms with Gasteiger partial charge in [-0.25, -0.2) is 9.97 Å². The maximum atomic E-state index is 11.6. The van der Waals surface area contributed by atoms with Gasteiger partial charge in [-0.2, -0.15) is 0 Å². The molecule has 4 rings (SSSR count). The van der Waals surface area contributed by atoms with Crippen molar-refractivity contribution in [2.24, 2.45) is 5.73 Å². The average molecular weight is 629 g/mol. The highest BCUT2D eigenvalue weighted by Gasteiger charge is 2.27. The van der Waals surface area contributed by atoms with Crippen LogP contribution in [0.3, 0.4) is 0 Å². The van der Waals surface area contributed by atoms with Crippen LogP contribution in [0.25, 0.3) is 11.6 Å². The van der Waals surface area contributed by atoms with E-state index >= 15 is 0 Å². The maximum Gasteiger partial charge on any atom is 0.305 e. The smallest absolute Gasteiger partial charge is 0.305 e. The van der Waals surface area contributed by atoms with E-state index in [4.69, 9.17) is 29.9 Å².